The zero-order valence-corrected chi connectivity index (χ0v) is 17.3. The number of thioether (sulfide) groups is 1. The van der Waals surface area contributed by atoms with Crippen molar-refractivity contribution in [2.45, 2.75) is 32.1 Å². The molecule has 1 atom stereocenters. The van der Waals surface area contributed by atoms with Crippen LogP contribution < -0.4 is 5.32 Å². The molecule has 0 aliphatic carbocycles. The van der Waals surface area contributed by atoms with Crippen LogP contribution in [0.1, 0.15) is 41.3 Å². The summed E-state index contributed by atoms with van der Waals surface area (Å²) in [5, 5.41) is 2.94. The smallest absolute Gasteiger partial charge is 0.251 e. The van der Waals surface area contributed by atoms with Gasteiger partial charge < -0.3 is 5.32 Å². The molecule has 0 spiro atoms. The molecular weight excluding hydrogens is 371 g/mol. The molecule has 150 valence electrons. The van der Waals surface area contributed by atoms with E-state index in [0.29, 0.717) is 23.4 Å². The summed E-state index contributed by atoms with van der Waals surface area (Å²) in [4.78, 5) is 14.8. The van der Waals surface area contributed by atoms with Crippen molar-refractivity contribution in [3.05, 3.63) is 71.0 Å². The van der Waals surface area contributed by atoms with Gasteiger partial charge in [0.05, 0.1) is 0 Å². The van der Waals surface area contributed by atoms with Crippen LogP contribution in [0, 0.1) is 11.7 Å². The molecule has 2 aromatic carbocycles. The molecule has 0 aromatic heterocycles. The minimum atomic E-state index is -0.168. The van der Waals surface area contributed by atoms with Crippen LogP contribution >= 0.6 is 11.8 Å². The summed E-state index contributed by atoms with van der Waals surface area (Å²) in [5.74, 6) is 1.93. The van der Waals surface area contributed by atoms with Crippen molar-refractivity contribution >= 4 is 17.7 Å². The Labute approximate surface area is 171 Å². The average Bonchev–Trinajstić information content (AvgIpc) is 2.69. The molecule has 1 heterocycles. The van der Waals surface area contributed by atoms with Gasteiger partial charge in [-0.25, -0.2) is 4.39 Å². The lowest BCUT2D eigenvalue weighted by molar-refractivity contribution is 0.0956. The summed E-state index contributed by atoms with van der Waals surface area (Å²) in [5.41, 5.74) is 2.65. The molecule has 3 rings (SSSR count). The molecule has 0 bridgehead atoms. The number of piperidine rings is 1. The Morgan fingerprint density at radius 2 is 2.00 bits per heavy atom. The highest BCUT2D eigenvalue weighted by atomic mass is 32.2. The minimum Gasteiger partial charge on any atom is -0.351 e. The van der Waals surface area contributed by atoms with Gasteiger partial charge in [0.15, 0.2) is 0 Å². The van der Waals surface area contributed by atoms with E-state index in [9.17, 15) is 9.18 Å². The van der Waals surface area contributed by atoms with Gasteiger partial charge in [0.25, 0.3) is 5.91 Å². The molecule has 1 N–H and O–H groups in total. The van der Waals surface area contributed by atoms with E-state index < -0.39 is 0 Å². The Kier molecular flexibility index (Phi) is 7.92. The lowest BCUT2D eigenvalue weighted by Gasteiger charge is -2.30. The topological polar surface area (TPSA) is 32.3 Å². The predicted molar refractivity (Wildman–Crippen MR) is 115 cm³/mol. The third-order valence-corrected chi connectivity index (χ3v) is 6.12. The molecule has 0 saturated carbocycles. The second kappa shape index (κ2) is 10.6. The fourth-order valence-electron chi connectivity index (χ4n) is 3.59. The molecule has 3 nitrogen and oxygen atoms in total. The normalized spacial score (nSPS) is 17.4. The van der Waals surface area contributed by atoms with Crippen molar-refractivity contribution < 1.29 is 9.18 Å². The first-order chi connectivity index (χ1) is 13.6. The van der Waals surface area contributed by atoms with Gasteiger partial charge in [-0.2, -0.15) is 11.8 Å². The van der Waals surface area contributed by atoms with Crippen molar-refractivity contribution in [2.24, 2.45) is 5.92 Å². The summed E-state index contributed by atoms with van der Waals surface area (Å²) in [6.45, 7) is 6.17. The molecule has 1 aliphatic heterocycles. The third kappa shape index (κ3) is 6.35. The van der Waals surface area contributed by atoms with Crippen LogP contribution in [-0.2, 0) is 12.3 Å². The van der Waals surface area contributed by atoms with Gasteiger partial charge in [-0.15, -0.1) is 0 Å². The van der Waals surface area contributed by atoms with Crippen molar-refractivity contribution in [3.63, 3.8) is 0 Å². The van der Waals surface area contributed by atoms with Crippen LogP contribution in [0.3, 0.4) is 0 Å². The minimum absolute atomic E-state index is 0.0513. The van der Waals surface area contributed by atoms with E-state index in [1.807, 2.05) is 18.2 Å². The first-order valence-electron chi connectivity index (χ1n) is 10.0. The number of nitrogens with one attached hydrogen (secondary N) is 1. The third-order valence-electron chi connectivity index (χ3n) is 5.11. The number of hydrogen-bond donors (Lipinski definition) is 1. The van der Waals surface area contributed by atoms with Gasteiger partial charge in [-0.05, 0) is 54.6 Å². The molecule has 1 saturated heterocycles. The Hall–Kier alpha value is -1.85. The molecule has 1 aliphatic rings. The van der Waals surface area contributed by atoms with Crippen LogP contribution in [0.15, 0.2) is 48.5 Å². The first kappa shape index (κ1) is 20.9. The molecule has 2 aromatic rings. The average molecular weight is 401 g/mol. The zero-order valence-electron chi connectivity index (χ0n) is 16.5. The molecule has 1 amide bonds. The lowest BCUT2D eigenvalue weighted by atomic mass is 9.99. The highest BCUT2D eigenvalue weighted by Gasteiger charge is 2.16. The number of nitrogens with zero attached hydrogens (tertiary/aromatic N) is 1. The van der Waals surface area contributed by atoms with Crippen LogP contribution in [-0.4, -0.2) is 36.2 Å². The van der Waals surface area contributed by atoms with E-state index in [0.717, 1.165) is 31.3 Å². The Morgan fingerprint density at radius 3 is 2.75 bits per heavy atom. The molecule has 0 radical (unpaired) electrons. The van der Waals surface area contributed by atoms with Gasteiger partial charge >= 0.3 is 0 Å². The number of hydrogen-bond acceptors (Lipinski definition) is 3. The van der Waals surface area contributed by atoms with E-state index >= 15 is 0 Å². The molecule has 0 unspecified atom stereocenters. The maximum atomic E-state index is 13.6. The SMILES string of the molecule is C[C@H]1CCCN(Cc2ccc(C(=O)NCCSCc3ccccc3F)cc2)C1. The highest BCUT2D eigenvalue weighted by molar-refractivity contribution is 7.98. The van der Waals surface area contributed by atoms with Crippen LogP contribution in [0.25, 0.3) is 0 Å². The van der Waals surface area contributed by atoms with Gasteiger partial charge in [0, 0.05) is 36.7 Å². The van der Waals surface area contributed by atoms with E-state index in [-0.39, 0.29) is 11.7 Å². The summed E-state index contributed by atoms with van der Waals surface area (Å²) < 4.78 is 13.6. The van der Waals surface area contributed by atoms with Gasteiger partial charge in [0.1, 0.15) is 5.82 Å². The first-order valence-corrected chi connectivity index (χ1v) is 11.2. The van der Waals surface area contributed by atoms with Crippen molar-refractivity contribution in [1.82, 2.24) is 10.2 Å². The number of carbonyl (C=O) groups excluding carboxylic acids is 1. The maximum absolute atomic E-state index is 13.6. The monoisotopic (exact) mass is 400 g/mol. The number of likely N-dealkylation sites (tertiary alicyclic amines) is 1. The van der Waals surface area contributed by atoms with Crippen LogP contribution in [0.4, 0.5) is 4.39 Å². The molecular formula is C23H29FN2OS. The largest absolute Gasteiger partial charge is 0.351 e. The Balaban J connectivity index is 1.38. The van der Waals surface area contributed by atoms with E-state index in [1.54, 1.807) is 23.9 Å². The number of rotatable bonds is 8. The van der Waals surface area contributed by atoms with E-state index in [4.69, 9.17) is 0 Å². The Morgan fingerprint density at radius 1 is 1.21 bits per heavy atom. The zero-order chi connectivity index (χ0) is 19.8. The standard InChI is InChI=1S/C23H29FN2OS/c1-18-5-4-13-26(15-18)16-19-8-10-20(11-9-19)23(27)25-12-14-28-17-21-6-2-3-7-22(21)24/h2-3,6-11,18H,4-5,12-17H2,1H3,(H,25,27)/t18-/m0/s1. The second-order valence-electron chi connectivity index (χ2n) is 7.58. The Bertz CT molecular complexity index is 765. The van der Waals surface area contributed by atoms with E-state index in [1.165, 1.54) is 24.5 Å². The summed E-state index contributed by atoms with van der Waals surface area (Å²) in [7, 11) is 0. The maximum Gasteiger partial charge on any atom is 0.251 e. The molecule has 1 fully saturated rings. The van der Waals surface area contributed by atoms with Gasteiger partial charge in [-0.3, -0.25) is 9.69 Å². The van der Waals surface area contributed by atoms with E-state index in [2.05, 4.69) is 29.3 Å². The number of halogens is 1. The quantitative estimate of drug-likeness (QED) is 0.651. The number of amides is 1. The fraction of sp³-hybridized carbons (Fsp3) is 0.435. The predicted octanol–water partition coefficient (Wildman–Crippen LogP) is 4.72. The number of benzene rings is 2. The second-order valence-corrected chi connectivity index (χ2v) is 8.68. The van der Waals surface area contributed by atoms with Crippen molar-refractivity contribution in [1.29, 1.82) is 0 Å². The molecule has 28 heavy (non-hydrogen) atoms. The number of carbonyl (C=O) groups is 1. The lowest BCUT2D eigenvalue weighted by Crippen LogP contribution is -2.33. The molecule has 5 heteroatoms. The van der Waals surface area contributed by atoms with Crippen LogP contribution in [0.2, 0.25) is 0 Å². The van der Waals surface area contributed by atoms with Crippen molar-refractivity contribution in [3.8, 4) is 0 Å². The summed E-state index contributed by atoms with van der Waals surface area (Å²) in [6.07, 6.45) is 2.60. The van der Waals surface area contributed by atoms with Crippen molar-refractivity contribution in [2.75, 3.05) is 25.4 Å². The summed E-state index contributed by atoms with van der Waals surface area (Å²) in [6, 6.07) is 14.7. The van der Waals surface area contributed by atoms with Crippen LogP contribution in [0.5, 0.6) is 0 Å². The van der Waals surface area contributed by atoms with Gasteiger partial charge in [-0.1, -0.05) is 37.3 Å². The van der Waals surface area contributed by atoms with Gasteiger partial charge in [0.2, 0.25) is 0 Å². The highest BCUT2D eigenvalue weighted by Crippen LogP contribution is 2.18. The fourth-order valence-corrected chi connectivity index (χ4v) is 4.43. The summed E-state index contributed by atoms with van der Waals surface area (Å²) >= 11 is 1.62.